The summed E-state index contributed by atoms with van der Waals surface area (Å²) in [4.78, 5) is 6.13. The van der Waals surface area contributed by atoms with Crippen molar-refractivity contribution in [3.63, 3.8) is 0 Å². The van der Waals surface area contributed by atoms with Gasteiger partial charge >= 0.3 is 0 Å². The van der Waals surface area contributed by atoms with E-state index in [1.807, 2.05) is 24.5 Å². The van der Waals surface area contributed by atoms with Crippen LogP contribution >= 0.6 is 24.8 Å². The summed E-state index contributed by atoms with van der Waals surface area (Å²) in [7, 11) is 0. The summed E-state index contributed by atoms with van der Waals surface area (Å²) in [6.45, 7) is 0.949. The molecule has 1 atom stereocenters. The quantitative estimate of drug-likeness (QED) is 0.922. The molecule has 3 rings (SSSR count). The third-order valence-corrected chi connectivity index (χ3v) is 3.90. The summed E-state index contributed by atoms with van der Waals surface area (Å²) in [5, 5.41) is 10.0. The van der Waals surface area contributed by atoms with Crippen molar-refractivity contribution in [3.8, 4) is 0 Å². The summed E-state index contributed by atoms with van der Waals surface area (Å²) >= 11 is 0. The Morgan fingerprint density at radius 2 is 1.59 bits per heavy atom. The molecule has 1 fully saturated rings. The molecule has 0 saturated carbocycles. The highest BCUT2D eigenvalue weighted by molar-refractivity contribution is 5.85. The topological polar surface area (TPSA) is 36.4 Å². The van der Waals surface area contributed by atoms with E-state index in [0.29, 0.717) is 0 Å². The highest BCUT2D eigenvalue weighted by Crippen LogP contribution is 2.24. The number of rotatable bonds is 3. The smallest absolute Gasteiger partial charge is 0.126 e. The van der Waals surface area contributed by atoms with Gasteiger partial charge in [0.1, 0.15) is 6.23 Å². The lowest BCUT2D eigenvalue weighted by molar-refractivity contribution is 0.140. The maximum Gasteiger partial charge on any atom is 0.126 e. The number of pyridine rings is 1. The number of nitrogens with zero attached hydrogens (tertiary/aromatic N) is 2. The van der Waals surface area contributed by atoms with Crippen molar-refractivity contribution in [2.75, 3.05) is 11.4 Å². The molecule has 2 aromatic rings. The number of aliphatic hydroxyl groups excluding tert-OH is 1. The minimum atomic E-state index is -0.324. The zero-order valence-corrected chi connectivity index (χ0v) is 14.0. The van der Waals surface area contributed by atoms with Crippen molar-refractivity contribution >= 4 is 30.5 Å². The first-order valence-corrected chi connectivity index (χ1v) is 7.25. The Labute approximate surface area is 144 Å². The molecule has 0 radical (unpaired) electrons. The molecule has 2 heterocycles. The van der Waals surface area contributed by atoms with E-state index in [4.69, 9.17) is 0 Å². The minimum absolute atomic E-state index is 0. The molecule has 3 nitrogen and oxygen atoms in total. The van der Waals surface area contributed by atoms with E-state index in [-0.39, 0.29) is 31.0 Å². The van der Waals surface area contributed by atoms with Crippen molar-refractivity contribution in [1.29, 1.82) is 0 Å². The third-order valence-electron chi connectivity index (χ3n) is 3.90. The Balaban J connectivity index is 0.00000121. The van der Waals surface area contributed by atoms with Gasteiger partial charge in [0.05, 0.1) is 0 Å². The standard InChI is InChI=1S/C17H20N2O.2ClH/c20-17-3-1-2-12-19(17)16-6-4-14(5-7-16)13-15-8-10-18-11-9-15;;/h4-11,17,20H,1-3,12-13H2;2*1H. The first kappa shape index (κ1) is 18.8. The van der Waals surface area contributed by atoms with Crippen molar-refractivity contribution < 1.29 is 5.11 Å². The van der Waals surface area contributed by atoms with E-state index in [9.17, 15) is 5.11 Å². The number of anilines is 1. The predicted octanol–water partition coefficient (Wildman–Crippen LogP) is 3.82. The fourth-order valence-corrected chi connectivity index (χ4v) is 2.76. The average Bonchev–Trinajstić information content (AvgIpc) is 2.50. The molecule has 1 N–H and O–H groups in total. The molecule has 0 amide bonds. The van der Waals surface area contributed by atoms with Gasteiger partial charge in [0, 0.05) is 24.6 Å². The highest BCUT2D eigenvalue weighted by atomic mass is 35.5. The Morgan fingerprint density at radius 3 is 2.23 bits per heavy atom. The molecule has 1 saturated heterocycles. The number of aromatic nitrogens is 1. The van der Waals surface area contributed by atoms with Gasteiger partial charge in [-0.3, -0.25) is 4.98 Å². The van der Waals surface area contributed by atoms with E-state index in [2.05, 4.69) is 34.1 Å². The number of piperidine rings is 1. The van der Waals surface area contributed by atoms with Crippen molar-refractivity contribution in [3.05, 3.63) is 59.9 Å². The SMILES string of the molecule is Cl.Cl.OC1CCCCN1c1ccc(Cc2ccncc2)cc1. The fraction of sp³-hybridized carbons (Fsp3) is 0.353. The van der Waals surface area contributed by atoms with Crippen LogP contribution in [0.3, 0.4) is 0 Å². The van der Waals surface area contributed by atoms with Gasteiger partial charge in [-0.25, -0.2) is 0 Å². The van der Waals surface area contributed by atoms with Crippen LogP contribution in [0.5, 0.6) is 0 Å². The van der Waals surface area contributed by atoms with Crippen LogP contribution in [0.2, 0.25) is 0 Å². The van der Waals surface area contributed by atoms with E-state index in [0.717, 1.165) is 37.9 Å². The van der Waals surface area contributed by atoms with E-state index < -0.39 is 0 Å². The van der Waals surface area contributed by atoms with Crippen LogP contribution in [0, 0.1) is 0 Å². The van der Waals surface area contributed by atoms with Crippen LogP contribution < -0.4 is 4.90 Å². The van der Waals surface area contributed by atoms with Crippen molar-refractivity contribution in [1.82, 2.24) is 4.98 Å². The number of hydrogen-bond donors (Lipinski definition) is 1. The molecule has 1 aromatic heterocycles. The number of hydrogen-bond acceptors (Lipinski definition) is 3. The molecule has 1 unspecified atom stereocenters. The number of halogens is 2. The normalized spacial score (nSPS) is 17.3. The van der Waals surface area contributed by atoms with E-state index in [1.165, 1.54) is 11.1 Å². The van der Waals surface area contributed by atoms with Gasteiger partial charge in [0.15, 0.2) is 0 Å². The molecule has 1 aromatic carbocycles. The van der Waals surface area contributed by atoms with Crippen molar-refractivity contribution in [2.45, 2.75) is 31.9 Å². The van der Waals surface area contributed by atoms with Crippen LogP contribution in [0.15, 0.2) is 48.8 Å². The molecule has 22 heavy (non-hydrogen) atoms. The van der Waals surface area contributed by atoms with Gasteiger partial charge in [-0.1, -0.05) is 12.1 Å². The lowest BCUT2D eigenvalue weighted by Crippen LogP contribution is -2.39. The average molecular weight is 341 g/mol. The van der Waals surface area contributed by atoms with E-state index in [1.54, 1.807) is 0 Å². The molecule has 5 heteroatoms. The second kappa shape index (κ2) is 8.99. The summed E-state index contributed by atoms with van der Waals surface area (Å²) in [6.07, 6.45) is 7.41. The molecule has 1 aliphatic heterocycles. The maximum atomic E-state index is 10.0. The maximum absolute atomic E-state index is 10.0. The molecule has 0 spiro atoms. The minimum Gasteiger partial charge on any atom is -0.374 e. The monoisotopic (exact) mass is 340 g/mol. The van der Waals surface area contributed by atoms with Gasteiger partial charge in [-0.15, -0.1) is 24.8 Å². The summed E-state index contributed by atoms with van der Waals surface area (Å²) < 4.78 is 0. The summed E-state index contributed by atoms with van der Waals surface area (Å²) in [5.41, 5.74) is 3.67. The van der Waals surface area contributed by atoms with Gasteiger partial charge in [-0.2, -0.15) is 0 Å². The van der Waals surface area contributed by atoms with Crippen LogP contribution in [-0.4, -0.2) is 22.9 Å². The first-order valence-electron chi connectivity index (χ1n) is 7.25. The summed E-state index contributed by atoms with van der Waals surface area (Å²) in [5.74, 6) is 0. The van der Waals surface area contributed by atoms with E-state index >= 15 is 0 Å². The lowest BCUT2D eigenvalue weighted by Gasteiger charge is -2.34. The predicted molar refractivity (Wildman–Crippen MR) is 95.2 cm³/mol. The van der Waals surface area contributed by atoms with Gasteiger partial charge < -0.3 is 10.0 Å². The lowest BCUT2D eigenvalue weighted by atomic mass is 10.0. The fourth-order valence-electron chi connectivity index (χ4n) is 2.76. The van der Waals surface area contributed by atoms with Gasteiger partial charge in [0.2, 0.25) is 0 Å². The zero-order valence-electron chi connectivity index (χ0n) is 12.4. The molecule has 0 bridgehead atoms. The van der Waals surface area contributed by atoms with Gasteiger partial charge in [-0.05, 0) is 61.1 Å². The van der Waals surface area contributed by atoms with Gasteiger partial charge in [0.25, 0.3) is 0 Å². The van der Waals surface area contributed by atoms with Crippen molar-refractivity contribution in [2.24, 2.45) is 0 Å². The molecule has 0 aliphatic carbocycles. The Bertz CT molecular complexity index is 548. The molecule has 1 aliphatic rings. The Kier molecular flexibility index (Phi) is 7.66. The van der Waals surface area contributed by atoms with Crippen LogP contribution in [0.4, 0.5) is 5.69 Å². The summed E-state index contributed by atoms with van der Waals surface area (Å²) in [6, 6.07) is 12.6. The second-order valence-corrected chi connectivity index (χ2v) is 5.37. The van der Waals surface area contributed by atoms with Crippen LogP contribution in [0.1, 0.15) is 30.4 Å². The molecular formula is C17H22Cl2N2O. The number of aliphatic hydroxyl groups is 1. The Morgan fingerprint density at radius 1 is 0.955 bits per heavy atom. The second-order valence-electron chi connectivity index (χ2n) is 5.37. The Hall–Kier alpha value is -1.29. The third kappa shape index (κ3) is 4.60. The number of benzene rings is 1. The largest absolute Gasteiger partial charge is 0.374 e. The molecular weight excluding hydrogens is 319 g/mol. The van der Waals surface area contributed by atoms with Crippen LogP contribution in [-0.2, 0) is 6.42 Å². The molecule has 120 valence electrons. The zero-order chi connectivity index (χ0) is 13.8. The van der Waals surface area contributed by atoms with Crippen LogP contribution in [0.25, 0.3) is 0 Å². The highest BCUT2D eigenvalue weighted by Gasteiger charge is 2.19. The first-order chi connectivity index (χ1) is 9.83.